The molecule has 0 saturated heterocycles. The van der Waals surface area contributed by atoms with Crippen LogP contribution in [0.15, 0.2) is 18.3 Å². The summed E-state index contributed by atoms with van der Waals surface area (Å²) in [5.74, 6) is 0.599. The third-order valence-electron chi connectivity index (χ3n) is 3.27. The lowest BCUT2D eigenvalue weighted by Crippen LogP contribution is -2.18. The van der Waals surface area contributed by atoms with Gasteiger partial charge in [0.2, 0.25) is 0 Å². The van der Waals surface area contributed by atoms with Crippen molar-refractivity contribution in [2.45, 2.75) is 39.2 Å². The van der Waals surface area contributed by atoms with Crippen molar-refractivity contribution in [1.82, 2.24) is 4.98 Å². The Morgan fingerprint density at radius 3 is 2.94 bits per heavy atom. The minimum absolute atomic E-state index is 0.0831. The molecule has 1 fully saturated rings. The maximum absolute atomic E-state index is 10.6. The lowest BCUT2D eigenvalue weighted by Gasteiger charge is -2.18. The van der Waals surface area contributed by atoms with Gasteiger partial charge in [-0.25, -0.2) is 4.98 Å². The predicted molar refractivity (Wildman–Crippen MR) is 65.9 cm³/mol. The van der Waals surface area contributed by atoms with Gasteiger partial charge in [-0.2, -0.15) is 0 Å². The highest BCUT2D eigenvalue weighted by Crippen LogP contribution is 2.38. The summed E-state index contributed by atoms with van der Waals surface area (Å²) >= 11 is 0. The number of anilines is 1. The molecular weight excluding hydrogens is 218 g/mol. The molecule has 0 aliphatic heterocycles. The molecular formula is C12H17N3O2. The fraction of sp³-hybridized carbons (Fsp3) is 0.583. The quantitative estimate of drug-likeness (QED) is 0.646. The Balaban J connectivity index is 2.04. The highest BCUT2D eigenvalue weighted by atomic mass is 16.6. The van der Waals surface area contributed by atoms with Crippen molar-refractivity contribution in [3.8, 4) is 0 Å². The number of hydrogen-bond acceptors (Lipinski definition) is 4. The number of nitrogens with one attached hydrogen (secondary N) is 1. The van der Waals surface area contributed by atoms with Crippen LogP contribution in [-0.2, 0) is 0 Å². The predicted octanol–water partition coefficient (Wildman–Crippen LogP) is 2.98. The standard InChI is InChI=1S/C12H17N3O2/c1-12(2)5-3-9(8-12)14-11-7-10(15(16)17)4-6-13-11/h4,6-7,9H,3,5,8H2,1-2H3,(H,13,14). The summed E-state index contributed by atoms with van der Waals surface area (Å²) in [7, 11) is 0. The second-order valence-corrected chi connectivity index (χ2v) is 5.40. The van der Waals surface area contributed by atoms with Crippen LogP contribution in [0.2, 0.25) is 0 Å². The van der Waals surface area contributed by atoms with Crippen LogP contribution in [-0.4, -0.2) is 15.9 Å². The SMILES string of the molecule is CC1(C)CCC(Nc2cc([N+](=O)[O-])ccn2)C1. The lowest BCUT2D eigenvalue weighted by molar-refractivity contribution is -0.384. The van der Waals surface area contributed by atoms with Crippen molar-refractivity contribution in [2.24, 2.45) is 5.41 Å². The number of nitrogens with zero attached hydrogens (tertiary/aromatic N) is 2. The lowest BCUT2D eigenvalue weighted by atomic mass is 9.92. The molecule has 0 aromatic carbocycles. The van der Waals surface area contributed by atoms with Gasteiger partial charge in [0.15, 0.2) is 0 Å². The van der Waals surface area contributed by atoms with Gasteiger partial charge in [0.1, 0.15) is 5.82 Å². The van der Waals surface area contributed by atoms with E-state index in [4.69, 9.17) is 0 Å². The first-order valence-corrected chi connectivity index (χ1v) is 5.83. The minimum atomic E-state index is -0.397. The van der Waals surface area contributed by atoms with Gasteiger partial charge in [-0.15, -0.1) is 0 Å². The summed E-state index contributed by atoms with van der Waals surface area (Å²) < 4.78 is 0. The van der Waals surface area contributed by atoms with E-state index < -0.39 is 4.92 Å². The molecule has 1 aromatic rings. The number of pyridine rings is 1. The summed E-state index contributed by atoms with van der Waals surface area (Å²) in [6.07, 6.45) is 4.83. The van der Waals surface area contributed by atoms with E-state index >= 15 is 0 Å². The summed E-state index contributed by atoms with van der Waals surface area (Å²) in [6.45, 7) is 4.49. The molecule has 0 spiro atoms. The summed E-state index contributed by atoms with van der Waals surface area (Å²) in [5.41, 5.74) is 0.443. The molecule has 2 rings (SSSR count). The smallest absolute Gasteiger partial charge is 0.274 e. The average Bonchev–Trinajstić information content (AvgIpc) is 2.58. The fourth-order valence-corrected chi connectivity index (χ4v) is 2.38. The molecule has 1 N–H and O–H groups in total. The van der Waals surface area contributed by atoms with Crippen LogP contribution >= 0.6 is 0 Å². The maximum Gasteiger partial charge on any atom is 0.274 e. The van der Waals surface area contributed by atoms with Gasteiger partial charge in [0.05, 0.1) is 11.0 Å². The van der Waals surface area contributed by atoms with Crippen molar-refractivity contribution in [2.75, 3.05) is 5.32 Å². The Hall–Kier alpha value is -1.65. The number of aromatic nitrogens is 1. The van der Waals surface area contributed by atoms with Gasteiger partial charge in [-0.3, -0.25) is 10.1 Å². The molecule has 1 saturated carbocycles. The van der Waals surface area contributed by atoms with Crippen LogP contribution in [0, 0.1) is 15.5 Å². The first-order valence-electron chi connectivity index (χ1n) is 5.83. The highest BCUT2D eigenvalue weighted by Gasteiger charge is 2.31. The molecule has 1 atom stereocenters. The first kappa shape index (κ1) is 11.8. The van der Waals surface area contributed by atoms with Crippen molar-refractivity contribution < 1.29 is 4.92 Å². The second-order valence-electron chi connectivity index (χ2n) is 5.40. The first-order chi connectivity index (χ1) is 7.96. The van der Waals surface area contributed by atoms with Gasteiger partial charge in [-0.1, -0.05) is 13.8 Å². The largest absolute Gasteiger partial charge is 0.367 e. The van der Waals surface area contributed by atoms with Gasteiger partial charge < -0.3 is 5.32 Å². The Morgan fingerprint density at radius 1 is 1.59 bits per heavy atom. The maximum atomic E-state index is 10.6. The number of hydrogen-bond donors (Lipinski definition) is 1. The van der Waals surface area contributed by atoms with Crippen LogP contribution < -0.4 is 5.32 Å². The molecule has 0 bridgehead atoms. The third-order valence-corrected chi connectivity index (χ3v) is 3.27. The zero-order chi connectivity index (χ0) is 12.5. The molecule has 92 valence electrons. The third kappa shape index (κ3) is 2.93. The average molecular weight is 235 g/mol. The molecule has 0 radical (unpaired) electrons. The van der Waals surface area contributed by atoms with E-state index in [0.717, 1.165) is 12.8 Å². The monoisotopic (exact) mass is 235 g/mol. The van der Waals surface area contributed by atoms with Crippen LogP contribution in [0.1, 0.15) is 33.1 Å². The van der Waals surface area contributed by atoms with Crippen molar-refractivity contribution in [3.63, 3.8) is 0 Å². The number of nitro groups is 1. The Morgan fingerprint density at radius 2 is 2.35 bits per heavy atom. The van der Waals surface area contributed by atoms with E-state index in [-0.39, 0.29) is 5.69 Å². The van der Waals surface area contributed by atoms with E-state index in [1.54, 1.807) is 0 Å². The zero-order valence-electron chi connectivity index (χ0n) is 10.1. The highest BCUT2D eigenvalue weighted by molar-refractivity contribution is 5.45. The van der Waals surface area contributed by atoms with Gasteiger partial charge in [-0.05, 0) is 24.7 Å². The molecule has 0 amide bonds. The zero-order valence-corrected chi connectivity index (χ0v) is 10.1. The molecule has 1 aliphatic carbocycles. The molecule has 1 unspecified atom stereocenters. The van der Waals surface area contributed by atoms with Crippen LogP contribution in [0.5, 0.6) is 0 Å². The van der Waals surface area contributed by atoms with E-state index in [9.17, 15) is 10.1 Å². The van der Waals surface area contributed by atoms with E-state index in [1.165, 1.54) is 24.8 Å². The summed E-state index contributed by atoms with van der Waals surface area (Å²) in [4.78, 5) is 14.4. The molecule has 5 nitrogen and oxygen atoms in total. The van der Waals surface area contributed by atoms with Gasteiger partial charge in [0, 0.05) is 18.3 Å². The Kier molecular flexibility index (Phi) is 3.00. The van der Waals surface area contributed by atoms with Crippen molar-refractivity contribution in [1.29, 1.82) is 0 Å². The summed E-state index contributed by atoms with van der Waals surface area (Å²) in [6, 6.07) is 3.27. The number of rotatable bonds is 3. The van der Waals surface area contributed by atoms with Crippen LogP contribution in [0.4, 0.5) is 11.5 Å². The van der Waals surface area contributed by atoms with Gasteiger partial charge in [0.25, 0.3) is 5.69 Å². The van der Waals surface area contributed by atoms with Crippen molar-refractivity contribution >= 4 is 11.5 Å². The van der Waals surface area contributed by atoms with Crippen molar-refractivity contribution in [3.05, 3.63) is 28.4 Å². The fourth-order valence-electron chi connectivity index (χ4n) is 2.38. The van der Waals surface area contributed by atoms with E-state index in [1.807, 2.05) is 0 Å². The molecule has 17 heavy (non-hydrogen) atoms. The Bertz CT molecular complexity index is 432. The second kappa shape index (κ2) is 4.31. The van der Waals surface area contributed by atoms with Crippen LogP contribution in [0.25, 0.3) is 0 Å². The van der Waals surface area contributed by atoms with Crippen LogP contribution in [0.3, 0.4) is 0 Å². The minimum Gasteiger partial charge on any atom is -0.367 e. The van der Waals surface area contributed by atoms with E-state index in [0.29, 0.717) is 17.3 Å². The summed E-state index contributed by atoms with van der Waals surface area (Å²) in [5, 5.41) is 13.9. The van der Waals surface area contributed by atoms with Gasteiger partial charge >= 0.3 is 0 Å². The Labute approximate surface area is 100 Å². The molecule has 1 heterocycles. The molecule has 5 heteroatoms. The van der Waals surface area contributed by atoms with E-state index in [2.05, 4.69) is 24.1 Å². The normalized spacial score (nSPS) is 22.4. The topological polar surface area (TPSA) is 68.1 Å². The molecule has 1 aliphatic rings. The molecule has 1 aromatic heterocycles.